The Morgan fingerprint density at radius 2 is 1.60 bits per heavy atom. The number of aromatic amines is 1. The minimum atomic E-state index is -4.07. The summed E-state index contributed by atoms with van der Waals surface area (Å²) < 4.78 is 77.1. The molecule has 0 bridgehead atoms. The van der Waals surface area contributed by atoms with Gasteiger partial charge in [0.2, 0.25) is 13.1 Å². The first-order chi connectivity index (χ1) is 32.0. The molecular formula is C42H56FN7O14P2S. The molecule has 0 saturated carbocycles. The van der Waals surface area contributed by atoms with Crippen LogP contribution in [-0.2, 0) is 53.4 Å². The number of H-pyrrole nitrogens is 1. The normalized spacial score (nSPS) is 24.2. The van der Waals surface area contributed by atoms with Crippen molar-refractivity contribution in [3.8, 4) is 0 Å². The molecular weight excluding hydrogens is 940 g/mol. The summed E-state index contributed by atoms with van der Waals surface area (Å²) in [7, 11) is -0.659. The Hall–Kier alpha value is -4.16. The van der Waals surface area contributed by atoms with Crippen molar-refractivity contribution in [3.63, 3.8) is 0 Å². The number of hydrogen-bond acceptors (Lipinski definition) is 16. The minimum Gasteiger partial charge on any atom is -0.382 e. The number of aromatic nitrogens is 4. The van der Waals surface area contributed by atoms with Crippen LogP contribution >= 0.6 is 15.2 Å². The molecule has 1 N–H and O–H groups in total. The Balaban J connectivity index is 1.55. The molecule has 1 aromatic carbocycles. The number of halogens is 1. The summed E-state index contributed by atoms with van der Waals surface area (Å²) in [6, 6.07) is 8.14. The molecule has 0 spiro atoms. The number of benzene rings is 1. The zero-order chi connectivity index (χ0) is 49.0. The molecule has 2 aliphatic heterocycles. The van der Waals surface area contributed by atoms with E-state index < -0.39 is 99.4 Å². The summed E-state index contributed by atoms with van der Waals surface area (Å²) >= 11 is 5.99. The molecule has 10 atom stereocenters. The highest BCUT2D eigenvalue weighted by Crippen LogP contribution is 2.56. The lowest BCUT2D eigenvalue weighted by Crippen LogP contribution is -2.45. The van der Waals surface area contributed by atoms with Gasteiger partial charge in [0, 0.05) is 48.8 Å². The minimum absolute atomic E-state index is 0.0132. The number of nitrogens with zero attached hydrogens (tertiary/aromatic N) is 6. The number of ether oxygens (including phenoxy) is 4. The second kappa shape index (κ2) is 24.9. The summed E-state index contributed by atoms with van der Waals surface area (Å²) in [6.07, 6.45) is -8.47. The average molecular weight is 996 g/mol. The van der Waals surface area contributed by atoms with Crippen LogP contribution in [0, 0.1) is 20.1 Å². The topological polar surface area (TPSA) is 211 Å². The Bertz CT molecular complexity index is 2510. The van der Waals surface area contributed by atoms with Crippen molar-refractivity contribution >= 4 is 33.0 Å². The predicted octanol–water partition coefficient (Wildman–Crippen LogP) is 4.36. The van der Waals surface area contributed by atoms with Crippen LogP contribution in [0.25, 0.3) is 9.69 Å². The van der Waals surface area contributed by atoms with Crippen molar-refractivity contribution in [3.05, 3.63) is 124 Å². The highest BCUT2D eigenvalue weighted by molar-refractivity contribution is 8.07. The quantitative estimate of drug-likeness (QED) is 0.0751. The van der Waals surface area contributed by atoms with E-state index in [1.807, 2.05) is 32.4 Å². The van der Waals surface area contributed by atoms with Gasteiger partial charge in [-0.3, -0.25) is 33.0 Å². The lowest BCUT2D eigenvalue weighted by Gasteiger charge is -2.37. The maximum Gasteiger partial charge on any atom is 0.340 e. The van der Waals surface area contributed by atoms with Crippen molar-refractivity contribution in [2.75, 3.05) is 53.2 Å². The monoisotopic (exact) mass is 995 g/mol. The number of rotatable bonds is 24. The number of carbonyl (C=O) groups excluding carboxylic acids is 1. The predicted molar refractivity (Wildman–Crippen MR) is 246 cm³/mol. The second-order valence-corrected chi connectivity index (χ2v) is 20.1. The van der Waals surface area contributed by atoms with E-state index in [1.54, 1.807) is 25.1 Å². The summed E-state index contributed by atoms with van der Waals surface area (Å²) in [5, 5.41) is 0. The molecule has 4 unspecified atom stereocenters. The Kier molecular flexibility index (Phi) is 20.0. The van der Waals surface area contributed by atoms with Crippen LogP contribution in [0.2, 0.25) is 0 Å². The Labute approximate surface area is 392 Å². The lowest BCUT2D eigenvalue weighted by atomic mass is 10.1. The van der Waals surface area contributed by atoms with Gasteiger partial charge in [-0.05, 0) is 65.0 Å². The maximum absolute atomic E-state index is 17.4. The van der Waals surface area contributed by atoms with Crippen molar-refractivity contribution in [1.29, 1.82) is 0 Å². The van der Waals surface area contributed by atoms with Gasteiger partial charge in [-0.15, -0.1) is 0 Å². The molecule has 25 heteroatoms. The number of methoxy groups -OCH3 is 1. The molecule has 67 heavy (non-hydrogen) atoms. The molecule has 2 saturated heterocycles. The largest absolute Gasteiger partial charge is 0.382 e. The first-order valence-corrected chi connectivity index (χ1v) is 25.1. The first kappa shape index (κ1) is 53.8. The van der Waals surface area contributed by atoms with Crippen molar-refractivity contribution < 1.29 is 50.8 Å². The molecule has 4 heterocycles. The van der Waals surface area contributed by atoms with E-state index >= 15 is 4.39 Å². The fourth-order valence-corrected chi connectivity index (χ4v) is 11.2. The summed E-state index contributed by atoms with van der Waals surface area (Å²) in [5.74, 6) is -0.949. The zero-order valence-corrected chi connectivity index (χ0v) is 40.7. The van der Waals surface area contributed by atoms with E-state index in [1.165, 1.54) is 36.9 Å². The van der Waals surface area contributed by atoms with Gasteiger partial charge in [0.25, 0.3) is 25.6 Å². The molecule has 5 rings (SSSR count). The third-order valence-corrected chi connectivity index (χ3v) is 14.9. The molecule has 366 valence electrons. The molecule has 0 radical (unpaired) electrons. The van der Waals surface area contributed by atoms with E-state index in [2.05, 4.69) is 14.7 Å². The number of carbonyl (C=O) groups is 1. The highest BCUT2D eigenvalue weighted by Gasteiger charge is 2.53. The van der Waals surface area contributed by atoms with Gasteiger partial charge in [-0.1, -0.05) is 25.1 Å². The van der Waals surface area contributed by atoms with E-state index in [0.29, 0.717) is 11.0 Å². The van der Waals surface area contributed by atoms with Gasteiger partial charge < -0.3 is 46.7 Å². The average Bonchev–Trinajstić information content (AvgIpc) is 3.79. The Morgan fingerprint density at radius 1 is 0.925 bits per heavy atom. The lowest BCUT2D eigenvalue weighted by molar-refractivity contribution is -0.0800. The van der Waals surface area contributed by atoms with E-state index in [9.17, 15) is 24.0 Å². The fraction of sp³-hybridized carbons (Fsp3) is 0.595. The van der Waals surface area contributed by atoms with Crippen LogP contribution < -0.4 is 22.5 Å². The van der Waals surface area contributed by atoms with Crippen molar-refractivity contribution in [1.82, 2.24) is 23.4 Å². The summed E-state index contributed by atoms with van der Waals surface area (Å²) in [6.45, 7) is 20.5. The summed E-state index contributed by atoms with van der Waals surface area (Å²) in [5.41, 5.74) is -3.26. The van der Waals surface area contributed by atoms with E-state index in [4.69, 9.17) is 66.5 Å². The molecule has 0 amide bonds. The molecule has 2 aliphatic rings. The van der Waals surface area contributed by atoms with Crippen LogP contribution in [0.3, 0.4) is 0 Å². The number of nitrogens with one attached hydrogen (secondary N) is 1. The number of aryl methyl sites for hydroxylation is 1. The van der Waals surface area contributed by atoms with Crippen LogP contribution in [0.15, 0.2) is 68.0 Å². The van der Waals surface area contributed by atoms with Crippen LogP contribution in [0.1, 0.15) is 69.4 Å². The van der Waals surface area contributed by atoms with Gasteiger partial charge in [0.1, 0.15) is 37.6 Å². The molecule has 21 nitrogen and oxygen atoms in total. The first-order valence-electron chi connectivity index (χ1n) is 21.4. The van der Waals surface area contributed by atoms with E-state index in [-0.39, 0.29) is 62.7 Å². The number of hydrogen-bond donors (Lipinski definition) is 1. The molecule has 2 aromatic heterocycles. The molecule has 2 fully saturated rings. The van der Waals surface area contributed by atoms with Crippen molar-refractivity contribution in [2.45, 2.75) is 109 Å². The van der Waals surface area contributed by atoms with Crippen LogP contribution in [0.5, 0.6) is 0 Å². The fourth-order valence-electron chi connectivity index (χ4n) is 7.37. The summed E-state index contributed by atoms with van der Waals surface area (Å²) in [4.78, 5) is 75.1. The molecule has 3 aromatic rings. The van der Waals surface area contributed by atoms with Gasteiger partial charge in [0.05, 0.1) is 25.9 Å². The smallest absolute Gasteiger partial charge is 0.340 e. The SMILES string of the molecule is [C-]#[N+]CCOP(OC1[C@@H](COP(=S)(OCC[N+]#[C-])OC2[C@@H](CC)O[C@@H](n3cc(C)c(=O)[nH]c3=O)[C@H]2OCCOC)O[C@@H](n2ccc(=O)n(C(=O)c3ccccc3)c2=O)[C@H]1F)N(C(C)C)C(C)C. The third kappa shape index (κ3) is 13.1. The Morgan fingerprint density at radius 3 is 2.24 bits per heavy atom. The van der Waals surface area contributed by atoms with Gasteiger partial charge in [-0.25, -0.2) is 31.8 Å². The third-order valence-electron chi connectivity index (χ3n) is 10.4. The standard InChI is InChI=1S/C42H56FN7O14P2S/c1-10-30-35(36(57-23-22-56-9)40(61-30)48-24-28(6)37(52)46-41(48)54)64-66(67,59-21-18-45-8)60-25-31-34(63-65(58-20-17-44-7)50(26(2)3)27(4)5)33(43)39(62-31)47-19-16-32(51)49(42(47)55)38(53)29-14-12-11-13-15-29/h11-16,19,24,26-27,30-31,33-36,39-40H,10,17-18,20-23,25H2,1-6,9H3,(H,46,52,54)/t30-,31-,33+,34?,35?,36+,39-,40-,65?,66?/m1/s1. The highest BCUT2D eigenvalue weighted by atomic mass is 32.5. The molecule has 0 aliphatic carbocycles. The van der Waals surface area contributed by atoms with Gasteiger partial charge in [-0.2, -0.15) is 4.57 Å². The van der Waals surface area contributed by atoms with Crippen molar-refractivity contribution in [2.24, 2.45) is 0 Å². The van der Waals surface area contributed by atoms with Crippen LogP contribution in [0.4, 0.5) is 4.39 Å². The van der Waals surface area contributed by atoms with Crippen LogP contribution in [-0.4, -0.2) is 131 Å². The second-order valence-electron chi connectivity index (χ2n) is 15.8. The maximum atomic E-state index is 17.4. The van der Waals surface area contributed by atoms with Gasteiger partial charge in [0.15, 0.2) is 18.6 Å². The number of alkyl halides is 1. The van der Waals surface area contributed by atoms with E-state index in [0.717, 1.165) is 16.8 Å². The zero-order valence-electron chi connectivity index (χ0n) is 38.1. The van der Waals surface area contributed by atoms with Gasteiger partial charge >= 0.3 is 18.1 Å².